The number of piperidine rings is 1. The summed E-state index contributed by atoms with van der Waals surface area (Å²) in [5.74, 6) is 1.59. The predicted molar refractivity (Wildman–Crippen MR) is 140 cm³/mol. The standard InChI is InChI=1S/C29H46N2O5/c1-20-10-12-21(13-11-20)14-15-22-16-17-31(28(35)36-29(2,3)4)25(18-22)27(34)30-24(19-32)26(33)23-8-6-5-7-9-23/h5-9,20-22,24-26,32-33H,10-19H2,1-4H3,(H,30,34)/t20?,21?,22?,24-,25?,26-/m0/s1. The summed E-state index contributed by atoms with van der Waals surface area (Å²) >= 11 is 0. The quantitative estimate of drug-likeness (QED) is 0.473. The van der Waals surface area contributed by atoms with Gasteiger partial charge in [-0.1, -0.05) is 75.8 Å². The zero-order valence-electron chi connectivity index (χ0n) is 22.5. The molecule has 3 N–H and O–H groups in total. The van der Waals surface area contributed by atoms with Crippen molar-refractivity contribution in [2.24, 2.45) is 17.8 Å². The zero-order valence-corrected chi connectivity index (χ0v) is 22.5. The van der Waals surface area contributed by atoms with Gasteiger partial charge in [0.1, 0.15) is 17.7 Å². The van der Waals surface area contributed by atoms with Crippen LogP contribution in [0.2, 0.25) is 0 Å². The maximum absolute atomic E-state index is 13.5. The molecule has 1 saturated heterocycles. The minimum absolute atomic E-state index is 0.352. The first-order valence-corrected chi connectivity index (χ1v) is 13.7. The van der Waals surface area contributed by atoms with Crippen LogP contribution in [0.5, 0.6) is 0 Å². The second kappa shape index (κ2) is 12.9. The fourth-order valence-electron chi connectivity index (χ4n) is 5.56. The van der Waals surface area contributed by atoms with Crippen LogP contribution in [0.15, 0.2) is 30.3 Å². The second-order valence-electron chi connectivity index (χ2n) is 11.9. The third kappa shape index (κ3) is 8.20. The molecule has 0 bridgehead atoms. The van der Waals surface area contributed by atoms with E-state index >= 15 is 0 Å². The minimum Gasteiger partial charge on any atom is -0.444 e. The highest BCUT2D eigenvalue weighted by molar-refractivity contribution is 5.86. The summed E-state index contributed by atoms with van der Waals surface area (Å²) in [4.78, 5) is 28.0. The van der Waals surface area contributed by atoms with Crippen molar-refractivity contribution in [3.8, 4) is 0 Å². The maximum atomic E-state index is 13.5. The lowest BCUT2D eigenvalue weighted by atomic mass is 9.78. The van der Waals surface area contributed by atoms with Gasteiger partial charge < -0.3 is 20.3 Å². The highest BCUT2D eigenvalue weighted by Gasteiger charge is 2.39. The van der Waals surface area contributed by atoms with Crippen LogP contribution in [0, 0.1) is 17.8 Å². The van der Waals surface area contributed by atoms with Gasteiger partial charge in [-0.15, -0.1) is 0 Å². The SMILES string of the molecule is CC1CCC(CCC2CCN(C(=O)OC(C)(C)C)C(C(=O)N[C@@H](CO)[C@@H](O)c3ccccc3)C2)CC1. The van der Waals surface area contributed by atoms with Gasteiger partial charge in [-0.2, -0.15) is 0 Å². The zero-order chi connectivity index (χ0) is 26.3. The van der Waals surface area contributed by atoms with Gasteiger partial charge in [0.05, 0.1) is 12.6 Å². The van der Waals surface area contributed by atoms with Gasteiger partial charge in [0.25, 0.3) is 0 Å². The van der Waals surface area contributed by atoms with E-state index in [1.54, 1.807) is 24.3 Å². The van der Waals surface area contributed by atoms with E-state index in [-0.39, 0.29) is 5.91 Å². The summed E-state index contributed by atoms with van der Waals surface area (Å²) in [6.07, 6.45) is 7.28. The van der Waals surface area contributed by atoms with Crippen LogP contribution >= 0.6 is 0 Å². The summed E-state index contributed by atoms with van der Waals surface area (Å²) in [6.45, 7) is 7.83. The van der Waals surface area contributed by atoms with Crippen LogP contribution in [0.3, 0.4) is 0 Å². The number of likely N-dealkylation sites (tertiary alicyclic amines) is 1. The average molecular weight is 503 g/mol. The van der Waals surface area contributed by atoms with Gasteiger partial charge in [0, 0.05) is 6.54 Å². The Labute approximate surface area is 216 Å². The summed E-state index contributed by atoms with van der Waals surface area (Å²) < 4.78 is 5.61. The molecule has 0 aromatic heterocycles. The fraction of sp³-hybridized carbons (Fsp3) is 0.724. The van der Waals surface area contributed by atoms with Crippen LogP contribution in [-0.4, -0.2) is 57.9 Å². The van der Waals surface area contributed by atoms with Crippen molar-refractivity contribution in [3.63, 3.8) is 0 Å². The van der Waals surface area contributed by atoms with Crippen molar-refractivity contribution >= 4 is 12.0 Å². The summed E-state index contributed by atoms with van der Waals surface area (Å²) in [5, 5.41) is 23.6. The highest BCUT2D eigenvalue weighted by atomic mass is 16.6. The molecule has 2 fully saturated rings. The van der Waals surface area contributed by atoms with Crippen molar-refractivity contribution in [1.82, 2.24) is 10.2 Å². The van der Waals surface area contributed by atoms with Crippen LogP contribution < -0.4 is 5.32 Å². The number of amides is 2. The number of ether oxygens (including phenoxy) is 1. The predicted octanol–water partition coefficient (Wildman–Crippen LogP) is 4.82. The molecule has 202 valence electrons. The van der Waals surface area contributed by atoms with E-state index in [0.29, 0.717) is 24.4 Å². The molecule has 1 aromatic carbocycles. The van der Waals surface area contributed by atoms with E-state index in [2.05, 4.69) is 12.2 Å². The lowest BCUT2D eigenvalue weighted by Gasteiger charge is -2.40. The maximum Gasteiger partial charge on any atom is 0.410 e. The first-order valence-electron chi connectivity index (χ1n) is 13.7. The largest absolute Gasteiger partial charge is 0.444 e. The van der Waals surface area contributed by atoms with Gasteiger partial charge >= 0.3 is 6.09 Å². The van der Waals surface area contributed by atoms with Crippen molar-refractivity contribution in [1.29, 1.82) is 0 Å². The molecule has 1 aliphatic heterocycles. The van der Waals surface area contributed by atoms with E-state index in [0.717, 1.165) is 24.7 Å². The Balaban J connectivity index is 1.68. The van der Waals surface area contributed by atoms with Crippen LogP contribution in [0.4, 0.5) is 4.79 Å². The average Bonchev–Trinajstić information content (AvgIpc) is 2.85. The molecule has 2 unspecified atom stereocenters. The molecule has 0 spiro atoms. The number of nitrogens with zero attached hydrogens (tertiary/aromatic N) is 1. The summed E-state index contributed by atoms with van der Waals surface area (Å²) in [5.41, 5.74) is -0.0475. The number of benzene rings is 1. The van der Waals surface area contributed by atoms with Crippen molar-refractivity contribution in [2.75, 3.05) is 13.2 Å². The summed E-state index contributed by atoms with van der Waals surface area (Å²) in [7, 11) is 0. The Hall–Kier alpha value is -2.12. The lowest BCUT2D eigenvalue weighted by Crippen LogP contribution is -2.57. The summed E-state index contributed by atoms with van der Waals surface area (Å²) in [6, 6.07) is 7.41. The first-order chi connectivity index (χ1) is 17.1. The van der Waals surface area contributed by atoms with E-state index < -0.39 is 36.5 Å². The van der Waals surface area contributed by atoms with E-state index in [4.69, 9.17) is 4.74 Å². The van der Waals surface area contributed by atoms with Crippen LogP contribution in [-0.2, 0) is 9.53 Å². The third-order valence-electron chi connectivity index (χ3n) is 7.81. The van der Waals surface area contributed by atoms with Gasteiger partial charge in [-0.25, -0.2) is 4.79 Å². The van der Waals surface area contributed by atoms with Gasteiger partial charge in [-0.05, 0) is 56.9 Å². The van der Waals surface area contributed by atoms with E-state index in [9.17, 15) is 19.8 Å². The Morgan fingerprint density at radius 1 is 1.06 bits per heavy atom. The Bertz CT molecular complexity index is 832. The Morgan fingerprint density at radius 3 is 2.31 bits per heavy atom. The molecule has 1 saturated carbocycles. The molecule has 7 heteroatoms. The van der Waals surface area contributed by atoms with E-state index in [1.165, 1.54) is 37.0 Å². The van der Waals surface area contributed by atoms with Crippen molar-refractivity contribution in [3.05, 3.63) is 35.9 Å². The first kappa shape index (κ1) is 28.5. The molecule has 2 aliphatic rings. The highest BCUT2D eigenvalue weighted by Crippen LogP contribution is 2.35. The topological polar surface area (TPSA) is 99.1 Å². The van der Waals surface area contributed by atoms with Crippen LogP contribution in [0.25, 0.3) is 0 Å². The van der Waals surface area contributed by atoms with Crippen molar-refractivity contribution < 1.29 is 24.5 Å². The number of nitrogens with one attached hydrogen (secondary N) is 1. The number of aliphatic hydroxyl groups excluding tert-OH is 2. The molecule has 36 heavy (non-hydrogen) atoms. The minimum atomic E-state index is -1.05. The molecule has 0 radical (unpaired) electrons. The molecule has 1 heterocycles. The number of aliphatic hydroxyl groups is 2. The molecular formula is C29H46N2O5. The molecular weight excluding hydrogens is 456 g/mol. The molecule has 1 aromatic rings. The molecule has 4 atom stereocenters. The Morgan fingerprint density at radius 2 is 1.69 bits per heavy atom. The van der Waals surface area contributed by atoms with E-state index in [1.807, 2.05) is 26.8 Å². The Kier molecular flexibility index (Phi) is 10.2. The lowest BCUT2D eigenvalue weighted by molar-refractivity contribution is -0.130. The number of hydrogen-bond donors (Lipinski definition) is 3. The number of carbonyl (C=O) groups is 2. The normalized spacial score (nSPS) is 26.7. The molecule has 1 aliphatic carbocycles. The van der Waals surface area contributed by atoms with Gasteiger partial charge in [-0.3, -0.25) is 9.69 Å². The molecule has 7 nitrogen and oxygen atoms in total. The van der Waals surface area contributed by atoms with Crippen molar-refractivity contribution in [2.45, 2.75) is 103 Å². The second-order valence-corrected chi connectivity index (χ2v) is 11.9. The van der Waals surface area contributed by atoms with Crippen LogP contribution in [0.1, 0.15) is 90.7 Å². The fourth-order valence-corrected chi connectivity index (χ4v) is 5.56. The number of hydrogen-bond acceptors (Lipinski definition) is 5. The molecule has 3 rings (SSSR count). The third-order valence-corrected chi connectivity index (χ3v) is 7.81. The monoisotopic (exact) mass is 502 g/mol. The van der Waals surface area contributed by atoms with Gasteiger partial charge in [0.2, 0.25) is 5.91 Å². The number of carbonyl (C=O) groups excluding carboxylic acids is 2. The molecule has 2 amide bonds. The van der Waals surface area contributed by atoms with Gasteiger partial charge in [0.15, 0.2) is 0 Å². The smallest absolute Gasteiger partial charge is 0.410 e. The number of rotatable bonds is 8.